The van der Waals surface area contributed by atoms with Crippen molar-refractivity contribution < 1.29 is 0 Å². The van der Waals surface area contributed by atoms with Gasteiger partial charge >= 0.3 is 0 Å². The number of aromatic nitrogens is 2. The van der Waals surface area contributed by atoms with E-state index in [1.165, 1.54) is 12.8 Å². The Balaban J connectivity index is 1.73. The molecule has 21 heavy (non-hydrogen) atoms. The Morgan fingerprint density at radius 1 is 1.19 bits per heavy atom. The number of nitrogens with zero attached hydrogens (tertiary/aromatic N) is 3. The molecular formula is C16H19ClN4. The molecule has 110 valence electrons. The second-order valence-corrected chi connectivity index (χ2v) is 6.01. The summed E-state index contributed by atoms with van der Waals surface area (Å²) in [5.41, 5.74) is 6.88. The number of rotatable bonds is 6. The van der Waals surface area contributed by atoms with E-state index < -0.39 is 0 Å². The number of nitrogen functional groups attached to an aromatic ring is 1. The quantitative estimate of drug-likeness (QED) is 0.891. The smallest absolute Gasteiger partial charge is 0.144 e. The minimum atomic E-state index is 0.518. The molecule has 1 aromatic heterocycles. The lowest BCUT2D eigenvalue weighted by Gasteiger charge is -2.22. The fourth-order valence-electron chi connectivity index (χ4n) is 2.41. The second kappa shape index (κ2) is 6.41. The third-order valence-corrected chi connectivity index (χ3v) is 4.03. The van der Waals surface area contributed by atoms with E-state index in [0.717, 1.165) is 35.4 Å². The molecule has 0 amide bonds. The van der Waals surface area contributed by atoms with E-state index in [1.54, 1.807) is 12.3 Å². The van der Waals surface area contributed by atoms with Crippen molar-refractivity contribution in [1.29, 1.82) is 0 Å². The van der Waals surface area contributed by atoms with E-state index in [0.29, 0.717) is 12.4 Å². The standard InChI is InChI=1S/C16H19ClN4/c17-14-4-2-1-3-13(14)10-21(9-12-5-6-12)11-16-19-8-7-15(18)20-16/h1-4,7-8,12H,5-6,9-11H2,(H2,18,19,20). The highest BCUT2D eigenvalue weighted by atomic mass is 35.5. The molecule has 1 fully saturated rings. The lowest BCUT2D eigenvalue weighted by atomic mass is 10.2. The molecule has 1 aliphatic carbocycles. The number of hydrogen-bond acceptors (Lipinski definition) is 4. The maximum Gasteiger partial charge on any atom is 0.144 e. The maximum absolute atomic E-state index is 6.27. The van der Waals surface area contributed by atoms with Crippen LogP contribution in [-0.2, 0) is 13.1 Å². The zero-order valence-electron chi connectivity index (χ0n) is 11.9. The van der Waals surface area contributed by atoms with Gasteiger partial charge in [-0.2, -0.15) is 0 Å². The third kappa shape index (κ3) is 4.16. The van der Waals surface area contributed by atoms with Crippen molar-refractivity contribution >= 4 is 17.4 Å². The highest BCUT2D eigenvalue weighted by molar-refractivity contribution is 6.31. The summed E-state index contributed by atoms with van der Waals surface area (Å²) in [4.78, 5) is 11.0. The zero-order chi connectivity index (χ0) is 14.7. The summed E-state index contributed by atoms with van der Waals surface area (Å²) in [6.07, 6.45) is 4.34. The van der Waals surface area contributed by atoms with Gasteiger partial charge in [-0.05, 0) is 36.5 Å². The maximum atomic E-state index is 6.27. The minimum absolute atomic E-state index is 0.518. The molecule has 1 aromatic carbocycles. The number of anilines is 1. The topological polar surface area (TPSA) is 55.0 Å². The van der Waals surface area contributed by atoms with Crippen molar-refractivity contribution in [2.75, 3.05) is 12.3 Å². The normalized spacial score (nSPS) is 14.6. The predicted molar refractivity (Wildman–Crippen MR) is 84.7 cm³/mol. The van der Waals surface area contributed by atoms with E-state index in [2.05, 4.69) is 20.9 Å². The molecule has 3 rings (SSSR count). The van der Waals surface area contributed by atoms with E-state index >= 15 is 0 Å². The second-order valence-electron chi connectivity index (χ2n) is 5.60. The Labute approximate surface area is 130 Å². The molecule has 2 aromatic rings. The van der Waals surface area contributed by atoms with Crippen LogP contribution in [0.2, 0.25) is 5.02 Å². The average Bonchev–Trinajstić information content (AvgIpc) is 3.25. The van der Waals surface area contributed by atoms with E-state index in [9.17, 15) is 0 Å². The molecule has 2 N–H and O–H groups in total. The van der Waals surface area contributed by atoms with Crippen LogP contribution in [0.5, 0.6) is 0 Å². The average molecular weight is 303 g/mol. The summed E-state index contributed by atoms with van der Waals surface area (Å²) >= 11 is 6.27. The van der Waals surface area contributed by atoms with Crippen molar-refractivity contribution in [2.45, 2.75) is 25.9 Å². The summed E-state index contributed by atoms with van der Waals surface area (Å²) in [5, 5.41) is 0.812. The van der Waals surface area contributed by atoms with Crippen LogP contribution in [0.3, 0.4) is 0 Å². The van der Waals surface area contributed by atoms with Gasteiger partial charge in [-0.3, -0.25) is 4.90 Å². The van der Waals surface area contributed by atoms with Gasteiger partial charge in [-0.15, -0.1) is 0 Å². The van der Waals surface area contributed by atoms with Crippen molar-refractivity contribution in [3.63, 3.8) is 0 Å². The van der Waals surface area contributed by atoms with Crippen LogP contribution in [0, 0.1) is 5.92 Å². The Hall–Kier alpha value is -1.65. The Kier molecular flexibility index (Phi) is 4.36. The minimum Gasteiger partial charge on any atom is -0.384 e. The van der Waals surface area contributed by atoms with Crippen molar-refractivity contribution in [3.05, 3.63) is 52.9 Å². The van der Waals surface area contributed by atoms with Gasteiger partial charge in [0.05, 0.1) is 6.54 Å². The molecule has 4 nitrogen and oxygen atoms in total. The molecule has 0 bridgehead atoms. The molecule has 0 radical (unpaired) electrons. The summed E-state index contributed by atoms with van der Waals surface area (Å²) in [7, 11) is 0. The summed E-state index contributed by atoms with van der Waals surface area (Å²) in [5.74, 6) is 2.08. The van der Waals surface area contributed by atoms with E-state index in [1.807, 2.05) is 18.2 Å². The lowest BCUT2D eigenvalue weighted by Crippen LogP contribution is -2.26. The van der Waals surface area contributed by atoms with Crippen LogP contribution in [0.25, 0.3) is 0 Å². The van der Waals surface area contributed by atoms with Gasteiger partial charge in [0.2, 0.25) is 0 Å². The molecule has 5 heteroatoms. The SMILES string of the molecule is Nc1ccnc(CN(Cc2ccccc2Cl)CC2CC2)n1. The van der Waals surface area contributed by atoms with E-state index in [-0.39, 0.29) is 0 Å². The Morgan fingerprint density at radius 3 is 2.71 bits per heavy atom. The van der Waals surface area contributed by atoms with Crippen LogP contribution in [-0.4, -0.2) is 21.4 Å². The van der Waals surface area contributed by atoms with Gasteiger partial charge < -0.3 is 5.73 Å². The third-order valence-electron chi connectivity index (χ3n) is 3.66. The summed E-state index contributed by atoms with van der Waals surface area (Å²) in [6.45, 7) is 2.57. The van der Waals surface area contributed by atoms with Gasteiger partial charge in [-0.25, -0.2) is 9.97 Å². The Morgan fingerprint density at radius 2 is 2.00 bits per heavy atom. The first-order valence-electron chi connectivity index (χ1n) is 7.24. The highest BCUT2D eigenvalue weighted by Gasteiger charge is 2.25. The molecule has 0 unspecified atom stereocenters. The van der Waals surface area contributed by atoms with Crippen LogP contribution < -0.4 is 5.73 Å². The molecule has 0 aliphatic heterocycles. The number of hydrogen-bond donors (Lipinski definition) is 1. The van der Waals surface area contributed by atoms with Gasteiger partial charge in [0.25, 0.3) is 0 Å². The van der Waals surface area contributed by atoms with Crippen molar-refractivity contribution in [3.8, 4) is 0 Å². The van der Waals surface area contributed by atoms with Crippen LogP contribution >= 0.6 is 11.6 Å². The zero-order valence-corrected chi connectivity index (χ0v) is 12.6. The fraction of sp³-hybridized carbons (Fsp3) is 0.375. The van der Waals surface area contributed by atoms with E-state index in [4.69, 9.17) is 17.3 Å². The highest BCUT2D eigenvalue weighted by Crippen LogP contribution is 2.31. The predicted octanol–water partition coefficient (Wildman–Crippen LogP) is 3.12. The largest absolute Gasteiger partial charge is 0.384 e. The molecule has 1 heterocycles. The van der Waals surface area contributed by atoms with Crippen LogP contribution in [0.15, 0.2) is 36.5 Å². The van der Waals surface area contributed by atoms with Crippen LogP contribution in [0.1, 0.15) is 24.2 Å². The van der Waals surface area contributed by atoms with Crippen molar-refractivity contribution in [1.82, 2.24) is 14.9 Å². The van der Waals surface area contributed by atoms with Gasteiger partial charge in [-0.1, -0.05) is 29.8 Å². The first-order chi connectivity index (χ1) is 10.2. The van der Waals surface area contributed by atoms with Gasteiger partial charge in [0, 0.05) is 24.3 Å². The summed E-state index contributed by atoms with van der Waals surface area (Å²) in [6, 6.07) is 9.69. The monoisotopic (exact) mass is 302 g/mol. The van der Waals surface area contributed by atoms with Gasteiger partial charge in [0.15, 0.2) is 0 Å². The molecule has 1 aliphatic rings. The van der Waals surface area contributed by atoms with Crippen molar-refractivity contribution in [2.24, 2.45) is 5.92 Å². The number of halogens is 1. The van der Waals surface area contributed by atoms with Gasteiger partial charge in [0.1, 0.15) is 11.6 Å². The fourth-order valence-corrected chi connectivity index (χ4v) is 2.60. The number of benzene rings is 1. The Bertz CT molecular complexity index is 613. The molecule has 0 atom stereocenters. The lowest BCUT2D eigenvalue weighted by molar-refractivity contribution is 0.240. The molecule has 1 saturated carbocycles. The first-order valence-corrected chi connectivity index (χ1v) is 7.61. The first kappa shape index (κ1) is 14.3. The molecule has 0 saturated heterocycles. The summed E-state index contributed by atoms with van der Waals surface area (Å²) < 4.78 is 0. The molecular weight excluding hydrogens is 284 g/mol. The number of nitrogens with two attached hydrogens (primary N) is 1. The van der Waals surface area contributed by atoms with Crippen LogP contribution in [0.4, 0.5) is 5.82 Å². The molecule has 0 spiro atoms.